The van der Waals surface area contributed by atoms with Gasteiger partial charge in [-0.1, -0.05) is 0 Å². The van der Waals surface area contributed by atoms with E-state index < -0.39 is 28.9 Å². The van der Waals surface area contributed by atoms with Crippen molar-refractivity contribution < 1.29 is 27.5 Å². The Morgan fingerprint density at radius 2 is 1.75 bits per heavy atom. The molecule has 8 heteroatoms. The summed E-state index contributed by atoms with van der Waals surface area (Å²) in [7, 11) is 0. The van der Waals surface area contributed by atoms with Gasteiger partial charge in [-0.2, -0.15) is 0 Å². The van der Waals surface area contributed by atoms with E-state index in [0.29, 0.717) is 25.6 Å². The number of carbonyl (C=O) groups excluding carboxylic acids is 2. The second kappa shape index (κ2) is 7.39. The van der Waals surface area contributed by atoms with E-state index in [9.17, 15) is 22.8 Å². The summed E-state index contributed by atoms with van der Waals surface area (Å²) >= 11 is 0. The van der Waals surface area contributed by atoms with E-state index in [-0.39, 0.29) is 30.1 Å². The zero-order valence-corrected chi connectivity index (χ0v) is 15.5. The first-order chi connectivity index (χ1) is 13.4. The predicted molar refractivity (Wildman–Crippen MR) is 94.0 cm³/mol. The monoisotopic (exact) mass is 396 g/mol. The van der Waals surface area contributed by atoms with E-state index in [1.165, 1.54) is 0 Å². The molecule has 0 radical (unpaired) electrons. The van der Waals surface area contributed by atoms with Gasteiger partial charge in [-0.05, 0) is 50.7 Å². The molecule has 5 nitrogen and oxygen atoms in total. The predicted octanol–water partition coefficient (Wildman–Crippen LogP) is 2.78. The van der Waals surface area contributed by atoms with E-state index >= 15 is 0 Å². The summed E-state index contributed by atoms with van der Waals surface area (Å²) in [5.74, 6) is -4.40. The van der Waals surface area contributed by atoms with Gasteiger partial charge in [0.2, 0.25) is 5.91 Å². The number of hydrogen-bond donors (Lipinski definition) is 1. The first-order valence-electron chi connectivity index (χ1n) is 9.77. The van der Waals surface area contributed by atoms with Crippen LogP contribution in [0, 0.1) is 23.4 Å². The largest absolute Gasteiger partial charge is 0.370 e. The average molecular weight is 396 g/mol. The molecule has 1 aromatic rings. The molecule has 1 saturated carbocycles. The Labute approximate surface area is 161 Å². The van der Waals surface area contributed by atoms with Gasteiger partial charge in [-0.15, -0.1) is 0 Å². The molecular weight excluding hydrogens is 373 g/mol. The molecule has 4 rings (SSSR count). The molecule has 152 valence electrons. The van der Waals surface area contributed by atoms with E-state index in [1.54, 1.807) is 0 Å². The minimum Gasteiger partial charge on any atom is -0.370 e. The number of benzene rings is 1. The van der Waals surface area contributed by atoms with Crippen molar-refractivity contribution in [1.82, 2.24) is 10.2 Å². The third kappa shape index (κ3) is 3.74. The quantitative estimate of drug-likeness (QED) is 0.797. The summed E-state index contributed by atoms with van der Waals surface area (Å²) in [6.45, 7) is 1.45. The van der Waals surface area contributed by atoms with Crippen molar-refractivity contribution in [1.29, 1.82) is 0 Å². The number of carbonyl (C=O) groups is 2. The molecule has 3 aliphatic rings. The first-order valence-corrected chi connectivity index (χ1v) is 9.77. The fourth-order valence-corrected chi connectivity index (χ4v) is 4.16. The van der Waals surface area contributed by atoms with E-state index in [4.69, 9.17) is 4.74 Å². The molecule has 0 unspecified atom stereocenters. The molecule has 1 spiro atoms. The van der Waals surface area contributed by atoms with E-state index in [2.05, 4.69) is 5.32 Å². The van der Waals surface area contributed by atoms with Crippen molar-refractivity contribution in [3.8, 4) is 0 Å². The van der Waals surface area contributed by atoms with Crippen molar-refractivity contribution in [2.75, 3.05) is 19.6 Å². The molecule has 1 N–H and O–H groups in total. The van der Waals surface area contributed by atoms with Crippen molar-refractivity contribution in [3.05, 3.63) is 35.1 Å². The molecule has 2 aliphatic heterocycles. The van der Waals surface area contributed by atoms with E-state index in [0.717, 1.165) is 38.2 Å². The molecule has 0 aromatic heterocycles. The van der Waals surface area contributed by atoms with Crippen molar-refractivity contribution >= 4 is 11.8 Å². The Morgan fingerprint density at radius 1 is 1.07 bits per heavy atom. The molecule has 2 heterocycles. The van der Waals surface area contributed by atoms with Gasteiger partial charge in [0.25, 0.3) is 5.91 Å². The molecule has 0 bridgehead atoms. The van der Waals surface area contributed by atoms with Crippen LogP contribution in [0.4, 0.5) is 13.2 Å². The van der Waals surface area contributed by atoms with Gasteiger partial charge >= 0.3 is 0 Å². The van der Waals surface area contributed by atoms with E-state index in [1.807, 2.05) is 4.90 Å². The number of rotatable bonds is 4. The molecule has 2 amide bonds. The SMILES string of the molecule is O=C(NC[C@@H]1CCC2(CCN(C(=O)C3CC3)CC2)O1)c1c(F)ccc(F)c1F. The normalized spacial score (nSPS) is 23.8. The highest BCUT2D eigenvalue weighted by Gasteiger charge is 2.44. The van der Waals surface area contributed by atoms with Crippen LogP contribution in [0.25, 0.3) is 0 Å². The highest BCUT2D eigenvalue weighted by atomic mass is 19.2. The molecule has 1 aromatic carbocycles. The third-order valence-corrected chi connectivity index (χ3v) is 6.01. The van der Waals surface area contributed by atoms with Gasteiger partial charge in [-0.3, -0.25) is 9.59 Å². The number of nitrogens with zero attached hydrogens (tertiary/aromatic N) is 1. The lowest BCUT2D eigenvalue weighted by Crippen LogP contribution is -2.47. The first kappa shape index (κ1) is 19.2. The lowest BCUT2D eigenvalue weighted by atomic mass is 9.88. The minimum absolute atomic E-state index is 0.0979. The topological polar surface area (TPSA) is 58.6 Å². The zero-order chi connectivity index (χ0) is 19.9. The zero-order valence-electron chi connectivity index (χ0n) is 15.5. The summed E-state index contributed by atoms with van der Waals surface area (Å²) in [6.07, 6.45) is 4.75. The maximum atomic E-state index is 13.7. The van der Waals surface area contributed by atoms with Crippen LogP contribution in [0.15, 0.2) is 12.1 Å². The number of amides is 2. The maximum Gasteiger partial charge on any atom is 0.257 e. The van der Waals surface area contributed by atoms with Crippen LogP contribution < -0.4 is 5.32 Å². The van der Waals surface area contributed by atoms with Gasteiger partial charge in [0.1, 0.15) is 11.4 Å². The lowest BCUT2D eigenvalue weighted by Gasteiger charge is -2.39. The summed E-state index contributed by atoms with van der Waals surface area (Å²) in [5, 5.41) is 2.45. The number of hydrogen-bond acceptors (Lipinski definition) is 3. The molecule has 28 heavy (non-hydrogen) atoms. The molecule has 2 saturated heterocycles. The Morgan fingerprint density at radius 3 is 2.43 bits per heavy atom. The third-order valence-electron chi connectivity index (χ3n) is 6.01. The van der Waals surface area contributed by atoms with Crippen LogP contribution in [-0.4, -0.2) is 48.1 Å². The van der Waals surface area contributed by atoms with Gasteiger partial charge in [0.05, 0.1) is 11.7 Å². The Balaban J connectivity index is 1.29. The molecule has 1 aliphatic carbocycles. The standard InChI is InChI=1S/C20H23F3N2O3/c21-14-3-4-15(22)17(23)16(14)18(26)24-11-13-5-6-20(28-13)7-9-25(10-8-20)19(27)12-1-2-12/h3-4,12-13H,1-2,5-11H2,(H,24,26)/t13-/m0/s1. The molecular formula is C20H23F3N2O3. The fraction of sp³-hybridized carbons (Fsp3) is 0.600. The van der Waals surface area contributed by atoms with Crippen molar-refractivity contribution in [2.24, 2.45) is 5.92 Å². The van der Waals surface area contributed by atoms with Crippen LogP contribution in [0.5, 0.6) is 0 Å². The van der Waals surface area contributed by atoms with Gasteiger partial charge < -0.3 is 15.0 Å². The Kier molecular flexibility index (Phi) is 5.07. The number of halogens is 3. The second-order valence-corrected chi connectivity index (χ2v) is 7.99. The smallest absolute Gasteiger partial charge is 0.257 e. The van der Waals surface area contributed by atoms with Gasteiger partial charge in [0, 0.05) is 25.6 Å². The molecule has 3 fully saturated rings. The summed E-state index contributed by atoms with van der Waals surface area (Å²) in [4.78, 5) is 26.2. The fourth-order valence-electron chi connectivity index (χ4n) is 4.16. The maximum absolute atomic E-state index is 13.7. The van der Waals surface area contributed by atoms with Gasteiger partial charge in [0.15, 0.2) is 11.6 Å². The highest BCUT2D eigenvalue weighted by molar-refractivity contribution is 5.94. The highest BCUT2D eigenvalue weighted by Crippen LogP contribution is 2.40. The van der Waals surface area contributed by atoms with Crippen LogP contribution in [0.3, 0.4) is 0 Å². The minimum atomic E-state index is -1.49. The van der Waals surface area contributed by atoms with Crippen molar-refractivity contribution in [2.45, 2.75) is 50.2 Å². The van der Waals surface area contributed by atoms with Crippen LogP contribution >= 0.6 is 0 Å². The average Bonchev–Trinajstić information content (AvgIpc) is 3.46. The van der Waals surface area contributed by atoms with Crippen LogP contribution in [-0.2, 0) is 9.53 Å². The van der Waals surface area contributed by atoms with Crippen LogP contribution in [0.2, 0.25) is 0 Å². The summed E-state index contributed by atoms with van der Waals surface area (Å²) in [5.41, 5.74) is -1.22. The number of nitrogens with one attached hydrogen (secondary N) is 1. The summed E-state index contributed by atoms with van der Waals surface area (Å²) in [6, 6.07) is 1.37. The number of ether oxygens (including phenoxy) is 1. The Hall–Kier alpha value is -2.09. The molecule has 1 atom stereocenters. The summed E-state index contributed by atoms with van der Waals surface area (Å²) < 4.78 is 46.8. The Bertz CT molecular complexity index is 789. The second-order valence-electron chi connectivity index (χ2n) is 7.99. The van der Waals surface area contributed by atoms with Crippen LogP contribution in [0.1, 0.15) is 48.9 Å². The van der Waals surface area contributed by atoms with Crippen molar-refractivity contribution in [3.63, 3.8) is 0 Å². The number of likely N-dealkylation sites (tertiary alicyclic amines) is 1. The van der Waals surface area contributed by atoms with Gasteiger partial charge in [-0.25, -0.2) is 13.2 Å². The lowest BCUT2D eigenvalue weighted by molar-refractivity contribution is -0.138. The number of piperidine rings is 1.